The van der Waals surface area contributed by atoms with Crippen LogP contribution in [-0.4, -0.2) is 17.1 Å². The number of nitrogens with one attached hydrogen (secondary N) is 1. The van der Waals surface area contributed by atoms with Crippen molar-refractivity contribution >= 4 is 23.4 Å². The number of aliphatic hydroxyl groups is 1. The lowest BCUT2D eigenvalue weighted by Gasteiger charge is -2.19. The fourth-order valence-corrected chi connectivity index (χ4v) is 3.70. The zero-order valence-corrected chi connectivity index (χ0v) is 12.8. The second-order valence-corrected chi connectivity index (χ2v) is 6.57. The van der Waals surface area contributed by atoms with E-state index in [1.165, 1.54) is 11.8 Å². The predicted octanol–water partition coefficient (Wildman–Crippen LogP) is 3.45. The number of anilines is 1. The van der Waals surface area contributed by atoms with Crippen molar-refractivity contribution in [3.63, 3.8) is 0 Å². The van der Waals surface area contributed by atoms with Crippen molar-refractivity contribution in [3.8, 4) is 0 Å². The van der Waals surface area contributed by atoms with E-state index in [1.54, 1.807) is 0 Å². The zero-order valence-electron chi connectivity index (χ0n) is 12.0. The third-order valence-electron chi connectivity index (χ3n) is 3.61. The van der Waals surface area contributed by atoms with Crippen molar-refractivity contribution < 1.29 is 9.90 Å². The summed E-state index contributed by atoms with van der Waals surface area (Å²) < 4.78 is 0. The molecule has 0 aromatic heterocycles. The molecule has 1 aliphatic heterocycles. The lowest BCUT2D eigenvalue weighted by Crippen LogP contribution is -2.30. The van der Waals surface area contributed by atoms with Crippen LogP contribution < -0.4 is 5.32 Å². The molecular formula is C17H17NO2S. The SMILES string of the molecule is Cc1ccc([C@H]2Sc3cc(C)ccc3NC(=O)[C@H]2O)cc1. The zero-order chi connectivity index (χ0) is 15.0. The van der Waals surface area contributed by atoms with E-state index >= 15 is 0 Å². The average molecular weight is 299 g/mol. The largest absolute Gasteiger partial charge is 0.382 e. The summed E-state index contributed by atoms with van der Waals surface area (Å²) in [7, 11) is 0. The summed E-state index contributed by atoms with van der Waals surface area (Å²) in [5.74, 6) is -0.351. The fraction of sp³-hybridized carbons (Fsp3) is 0.235. The van der Waals surface area contributed by atoms with Gasteiger partial charge in [0.15, 0.2) is 0 Å². The Balaban J connectivity index is 2.03. The van der Waals surface area contributed by atoms with Gasteiger partial charge in [-0.2, -0.15) is 0 Å². The molecular weight excluding hydrogens is 282 g/mol. The highest BCUT2D eigenvalue weighted by molar-refractivity contribution is 7.99. The molecule has 0 saturated heterocycles. The summed E-state index contributed by atoms with van der Waals surface area (Å²) in [5, 5.41) is 12.9. The Hall–Kier alpha value is -1.78. The number of thioether (sulfide) groups is 1. The van der Waals surface area contributed by atoms with Crippen LogP contribution in [0.2, 0.25) is 0 Å². The Kier molecular flexibility index (Phi) is 3.74. The summed E-state index contributed by atoms with van der Waals surface area (Å²) in [6, 6.07) is 13.8. The lowest BCUT2D eigenvalue weighted by atomic mass is 10.1. The number of aliphatic hydroxyl groups excluding tert-OH is 1. The van der Waals surface area contributed by atoms with Crippen molar-refractivity contribution in [2.45, 2.75) is 30.1 Å². The molecule has 1 amide bonds. The molecule has 0 unspecified atom stereocenters. The maximum absolute atomic E-state index is 12.1. The summed E-state index contributed by atoms with van der Waals surface area (Å²) in [4.78, 5) is 13.1. The van der Waals surface area contributed by atoms with E-state index in [1.807, 2.05) is 56.3 Å². The van der Waals surface area contributed by atoms with Crippen LogP contribution in [0.4, 0.5) is 5.69 Å². The molecule has 0 saturated carbocycles. The minimum atomic E-state index is -1.06. The minimum absolute atomic E-state index is 0.298. The Morgan fingerprint density at radius 2 is 1.71 bits per heavy atom. The molecule has 21 heavy (non-hydrogen) atoms. The van der Waals surface area contributed by atoms with Gasteiger partial charge in [0.1, 0.15) is 6.10 Å². The van der Waals surface area contributed by atoms with Gasteiger partial charge in [0.05, 0.1) is 10.9 Å². The molecule has 0 fully saturated rings. The molecule has 2 N–H and O–H groups in total. The van der Waals surface area contributed by atoms with Crippen molar-refractivity contribution in [1.29, 1.82) is 0 Å². The number of rotatable bonds is 1. The van der Waals surface area contributed by atoms with Crippen LogP contribution in [0.15, 0.2) is 47.4 Å². The highest BCUT2D eigenvalue weighted by atomic mass is 32.2. The summed E-state index contributed by atoms with van der Waals surface area (Å²) in [6.07, 6.45) is -1.06. The van der Waals surface area contributed by atoms with Crippen LogP contribution in [0.5, 0.6) is 0 Å². The lowest BCUT2D eigenvalue weighted by molar-refractivity contribution is -0.124. The first-order valence-electron chi connectivity index (χ1n) is 6.87. The maximum Gasteiger partial charge on any atom is 0.254 e. The monoisotopic (exact) mass is 299 g/mol. The van der Waals surface area contributed by atoms with Gasteiger partial charge in [-0.15, -0.1) is 11.8 Å². The van der Waals surface area contributed by atoms with Crippen LogP contribution in [-0.2, 0) is 4.79 Å². The standard InChI is InChI=1S/C17H17NO2S/c1-10-3-6-12(7-4-10)16-15(19)17(20)18-13-8-5-11(2)9-14(13)21-16/h3-9,15-16,19H,1-2H3,(H,18,20)/t15-,16+/m0/s1. The van der Waals surface area contributed by atoms with Gasteiger partial charge in [0.25, 0.3) is 5.91 Å². The predicted molar refractivity (Wildman–Crippen MR) is 85.6 cm³/mol. The maximum atomic E-state index is 12.1. The smallest absolute Gasteiger partial charge is 0.254 e. The molecule has 1 aliphatic rings. The second kappa shape index (κ2) is 5.54. The van der Waals surface area contributed by atoms with Crippen LogP contribution in [0.1, 0.15) is 21.9 Å². The third kappa shape index (κ3) is 2.82. The third-order valence-corrected chi connectivity index (χ3v) is 4.99. The van der Waals surface area contributed by atoms with Crippen molar-refractivity contribution in [3.05, 3.63) is 59.2 Å². The van der Waals surface area contributed by atoms with Crippen LogP contribution in [0, 0.1) is 13.8 Å². The van der Waals surface area contributed by atoms with Crippen LogP contribution >= 0.6 is 11.8 Å². The molecule has 2 atom stereocenters. The Labute approximate surface area is 128 Å². The minimum Gasteiger partial charge on any atom is -0.382 e. The number of hydrogen-bond donors (Lipinski definition) is 2. The van der Waals surface area contributed by atoms with Gasteiger partial charge >= 0.3 is 0 Å². The Morgan fingerprint density at radius 1 is 1.05 bits per heavy atom. The van der Waals surface area contributed by atoms with Gasteiger partial charge in [-0.3, -0.25) is 4.79 Å². The van der Waals surface area contributed by atoms with E-state index in [-0.39, 0.29) is 11.2 Å². The summed E-state index contributed by atoms with van der Waals surface area (Å²) in [5.41, 5.74) is 4.02. The van der Waals surface area contributed by atoms with Crippen LogP contribution in [0.25, 0.3) is 0 Å². The van der Waals surface area contributed by atoms with E-state index in [0.29, 0.717) is 0 Å². The van der Waals surface area contributed by atoms with Gasteiger partial charge in [0, 0.05) is 4.90 Å². The van der Waals surface area contributed by atoms with Crippen molar-refractivity contribution in [2.75, 3.05) is 5.32 Å². The van der Waals surface area contributed by atoms with Gasteiger partial charge in [0.2, 0.25) is 0 Å². The van der Waals surface area contributed by atoms with Gasteiger partial charge < -0.3 is 10.4 Å². The number of carbonyl (C=O) groups is 1. The molecule has 0 radical (unpaired) electrons. The molecule has 2 aromatic carbocycles. The number of hydrogen-bond acceptors (Lipinski definition) is 3. The number of fused-ring (bicyclic) bond motifs is 1. The van der Waals surface area contributed by atoms with Gasteiger partial charge in [-0.1, -0.05) is 35.9 Å². The molecule has 0 spiro atoms. The highest BCUT2D eigenvalue weighted by Gasteiger charge is 2.32. The normalized spacial score (nSPS) is 21.4. The van der Waals surface area contributed by atoms with E-state index in [9.17, 15) is 9.90 Å². The quantitative estimate of drug-likeness (QED) is 0.848. The first-order chi connectivity index (χ1) is 10.0. The van der Waals surface area contributed by atoms with E-state index < -0.39 is 6.10 Å². The van der Waals surface area contributed by atoms with Crippen molar-refractivity contribution in [1.82, 2.24) is 0 Å². The summed E-state index contributed by atoms with van der Waals surface area (Å²) >= 11 is 1.53. The van der Waals surface area contributed by atoms with Crippen LogP contribution in [0.3, 0.4) is 0 Å². The first kappa shape index (κ1) is 14.2. The topological polar surface area (TPSA) is 49.3 Å². The molecule has 2 aromatic rings. The van der Waals surface area contributed by atoms with E-state index in [0.717, 1.165) is 27.3 Å². The first-order valence-corrected chi connectivity index (χ1v) is 7.75. The molecule has 108 valence electrons. The fourth-order valence-electron chi connectivity index (χ4n) is 2.38. The number of carbonyl (C=O) groups excluding carboxylic acids is 1. The molecule has 3 nitrogen and oxygen atoms in total. The Morgan fingerprint density at radius 3 is 2.43 bits per heavy atom. The number of amides is 1. The number of aryl methyl sites for hydroxylation is 2. The molecule has 0 aliphatic carbocycles. The highest BCUT2D eigenvalue weighted by Crippen LogP contribution is 2.44. The van der Waals surface area contributed by atoms with Crippen molar-refractivity contribution in [2.24, 2.45) is 0 Å². The second-order valence-electron chi connectivity index (χ2n) is 5.38. The van der Waals surface area contributed by atoms with E-state index in [4.69, 9.17) is 0 Å². The summed E-state index contributed by atoms with van der Waals surface area (Å²) in [6.45, 7) is 4.04. The van der Waals surface area contributed by atoms with E-state index in [2.05, 4.69) is 5.32 Å². The average Bonchev–Trinajstić information content (AvgIpc) is 2.58. The van der Waals surface area contributed by atoms with Gasteiger partial charge in [-0.05, 0) is 37.1 Å². The van der Waals surface area contributed by atoms with Gasteiger partial charge in [-0.25, -0.2) is 0 Å². The molecule has 3 rings (SSSR count). The molecule has 1 heterocycles. The Bertz CT molecular complexity index is 682. The number of benzene rings is 2. The molecule has 4 heteroatoms. The molecule has 0 bridgehead atoms.